The van der Waals surface area contributed by atoms with Crippen LogP contribution in [0.5, 0.6) is 0 Å². The van der Waals surface area contributed by atoms with E-state index < -0.39 is 0 Å². The number of hydrogen-bond acceptors (Lipinski definition) is 2. The molecule has 0 aromatic carbocycles. The van der Waals surface area contributed by atoms with Crippen LogP contribution < -0.4 is 0 Å². The minimum Gasteiger partial charge on any atom is -0.388 e. The Bertz CT molecular complexity index is 319. The fraction of sp³-hybridized carbons (Fsp3) is 0.692. The van der Waals surface area contributed by atoms with Crippen LogP contribution in [0.2, 0.25) is 0 Å². The number of unbranched alkanes of at least 4 members (excludes halogenated alkanes) is 1. The predicted molar refractivity (Wildman–Crippen MR) is 82.6 cm³/mol. The van der Waals surface area contributed by atoms with Crippen LogP contribution in [0, 0.1) is 5.92 Å². The number of aliphatic hydroxyl groups excluding tert-OH is 1. The van der Waals surface area contributed by atoms with Gasteiger partial charge in [0.2, 0.25) is 0 Å². The lowest BCUT2D eigenvalue weighted by Gasteiger charge is -2.17. The molecule has 1 rings (SSSR count). The van der Waals surface area contributed by atoms with Crippen molar-refractivity contribution in [3.63, 3.8) is 0 Å². The van der Waals surface area contributed by atoms with Gasteiger partial charge >= 0.3 is 0 Å². The summed E-state index contributed by atoms with van der Waals surface area (Å²) >= 11 is 8.55. The van der Waals surface area contributed by atoms with E-state index in [1.54, 1.807) is 11.3 Å². The van der Waals surface area contributed by atoms with Gasteiger partial charge < -0.3 is 5.11 Å². The molecule has 0 aliphatic carbocycles. The Balaban J connectivity index is 2.54. The van der Waals surface area contributed by atoms with E-state index in [1.807, 2.05) is 6.07 Å². The van der Waals surface area contributed by atoms with E-state index >= 15 is 0 Å². The summed E-state index contributed by atoms with van der Waals surface area (Å²) < 4.78 is 2.10. The Morgan fingerprint density at radius 3 is 2.53 bits per heavy atom. The van der Waals surface area contributed by atoms with Crippen LogP contribution in [0.25, 0.3) is 0 Å². The Kier molecular flexibility index (Phi) is 7.31. The molecule has 0 spiro atoms. The summed E-state index contributed by atoms with van der Waals surface area (Å²) in [6.07, 6.45) is 5.47. The highest BCUT2D eigenvalue weighted by atomic mass is 79.9. The average Bonchev–Trinajstić information content (AvgIpc) is 2.65. The lowest BCUT2D eigenvalue weighted by Crippen LogP contribution is -2.05. The van der Waals surface area contributed by atoms with Crippen LogP contribution in [0.1, 0.15) is 56.9 Å². The van der Waals surface area contributed by atoms with Gasteiger partial charge in [-0.3, -0.25) is 0 Å². The quantitative estimate of drug-likeness (QED) is 0.620. The molecule has 1 heterocycles. The maximum Gasteiger partial charge on any atom is 0.0885 e. The molecule has 1 N–H and O–H groups in total. The molecule has 2 atom stereocenters. The molecular formula is C13H20Br2OS. The molecule has 0 amide bonds. The van der Waals surface area contributed by atoms with Crippen LogP contribution >= 0.6 is 43.2 Å². The van der Waals surface area contributed by atoms with E-state index in [0.29, 0.717) is 5.92 Å². The fourth-order valence-corrected chi connectivity index (χ4v) is 4.03. The van der Waals surface area contributed by atoms with Crippen molar-refractivity contribution in [2.75, 3.05) is 0 Å². The second kappa shape index (κ2) is 7.93. The summed E-state index contributed by atoms with van der Waals surface area (Å²) in [6, 6.07) is 2.02. The largest absolute Gasteiger partial charge is 0.388 e. The number of thiophene rings is 1. The molecule has 1 aromatic heterocycles. The van der Waals surface area contributed by atoms with Crippen LogP contribution in [0.15, 0.2) is 14.3 Å². The molecule has 1 nitrogen and oxygen atoms in total. The van der Waals surface area contributed by atoms with Gasteiger partial charge in [-0.15, -0.1) is 11.3 Å². The number of rotatable bonds is 7. The first-order valence-corrected chi connectivity index (χ1v) is 8.61. The predicted octanol–water partition coefficient (Wildman–Crippen LogP) is 5.91. The minimum absolute atomic E-state index is 0.315. The maximum atomic E-state index is 10.2. The molecule has 0 saturated carbocycles. The van der Waals surface area contributed by atoms with Crippen LogP contribution in [0.4, 0.5) is 0 Å². The summed E-state index contributed by atoms with van der Waals surface area (Å²) in [7, 11) is 0. The smallest absolute Gasteiger partial charge is 0.0885 e. The van der Waals surface area contributed by atoms with E-state index in [4.69, 9.17) is 0 Å². The van der Waals surface area contributed by atoms with Crippen molar-refractivity contribution in [3.8, 4) is 0 Å². The Morgan fingerprint density at radius 2 is 2.06 bits per heavy atom. The van der Waals surface area contributed by atoms with Crippen LogP contribution in [0.3, 0.4) is 0 Å². The highest BCUT2D eigenvalue weighted by molar-refractivity contribution is 9.13. The highest BCUT2D eigenvalue weighted by Crippen LogP contribution is 2.38. The van der Waals surface area contributed by atoms with Gasteiger partial charge in [-0.05, 0) is 50.3 Å². The second-order valence-electron chi connectivity index (χ2n) is 4.44. The molecule has 2 unspecified atom stereocenters. The SMILES string of the molecule is CCCCC(CC)CC(O)c1cc(Br)c(Br)s1. The van der Waals surface area contributed by atoms with Crippen molar-refractivity contribution in [2.45, 2.75) is 52.1 Å². The number of hydrogen-bond donors (Lipinski definition) is 1. The summed E-state index contributed by atoms with van der Waals surface area (Å²) in [4.78, 5) is 1.05. The summed E-state index contributed by atoms with van der Waals surface area (Å²) in [5.41, 5.74) is 0. The Morgan fingerprint density at radius 1 is 1.35 bits per heavy atom. The van der Waals surface area contributed by atoms with Crippen molar-refractivity contribution >= 4 is 43.2 Å². The molecule has 0 fully saturated rings. The van der Waals surface area contributed by atoms with Crippen molar-refractivity contribution in [2.24, 2.45) is 5.92 Å². The molecule has 17 heavy (non-hydrogen) atoms. The van der Waals surface area contributed by atoms with Crippen molar-refractivity contribution in [3.05, 3.63) is 19.2 Å². The van der Waals surface area contributed by atoms with Gasteiger partial charge in [0.25, 0.3) is 0 Å². The first kappa shape index (κ1) is 15.7. The average molecular weight is 384 g/mol. The first-order chi connectivity index (χ1) is 8.08. The van der Waals surface area contributed by atoms with Gasteiger partial charge in [0.15, 0.2) is 0 Å². The van der Waals surface area contributed by atoms with E-state index in [0.717, 1.165) is 26.0 Å². The number of aliphatic hydroxyl groups is 1. The summed E-state index contributed by atoms with van der Waals surface area (Å²) in [5.74, 6) is 0.643. The summed E-state index contributed by atoms with van der Waals surface area (Å²) in [5, 5.41) is 10.2. The Hall–Kier alpha value is 0.620. The molecule has 0 saturated heterocycles. The molecule has 4 heteroatoms. The van der Waals surface area contributed by atoms with Gasteiger partial charge in [-0.2, -0.15) is 0 Å². The molecule has 0 aliphatic heterocycles. The van der Waals surface area contributed by atoms with Gasteiger partial charge in [0.05, 0.1) is 9.89 Å². The monoisotopic (exact) mass is 382 g/mol. The minimum atomic E-state index is -0.315. The first-order valence-electron chi connectivity index (χ1n) is 6.21. The third kappa shape index (κ3) is 5.01. The number of halogens is 2. The Labute approximate surface area is 125 Å². The van der Waals surface area contributed by atoms with E-state index in [9.17, 15) is 5.11 Å². The zero-order chi connectivity index (χ0) is 12.8. The maximum absolute atomic E-state index is 10.2. The van der Waals surface area contributed by atoms with E-state index in [-0.39, 0.29) is 6.10 Å². The molecular weight excluding hydrogens is 364 g/mol. The van der Waals surface area contributed by atoms with Crippen LogP contribution in [-0.4, -0.2) is 5.11 Å². The normalized spacial score (nSPS) is 14.9. The van der Waals surface area contributed by atoms with E-state index in [1.165, 1.54) is 19.3 Å². The fourth-order valence-electron chi connectivity index (χ4n) is 1.94. The zero-order valence-corrected chi connectivity index (χ0v) is 14.4. The van der Waals surface area contributed by atoms with Gasteiger partial charge in [-0.25, -0.2) is 0 Å². The van der Waals surface area contributed by atoms with Crippen molar-refractivity contribution < 1.29 is 5.11 Å². The lowest BCUT2D eigenvalue weighted by molar-refractivity contribution is 0.142. The molecule has 0 radical (unpaired) electrons. The molecule has 0 bridgehead atoms. The summed E-state index contributed by atoms with van der Waals surface area (Å²) in [6.45, 7) is 4.43. The third-order valence-electron chi connectivity index (χ3n) is 3.09. The molecule has 0 aliphatic rings. The van der Waals surface area contributed by atoms with Crippen molar-refractivity contribution in [1.29, 1.82) is 0 Å². The third-order valence-corrected chi connectivity index (χ3v) is 6.45. The zero-order valence-electron chi connectivity index (χ0n) is 10.4. The standard InChI is InChI=1S/C13H20Br2OS/c1-3-5-6-9(4-2)7-11(16)12-8-10(14)13(15)17-12/h8-9,11,16H,3-7H2,1-2H3. The molecule has 1 aromatic rings. The lowest BCUT2D eigenvalue weighted by atomic mass is 9.93. The topological polar surface area (TPSA) is 20.2 Å². The van der Waals surface area contributed by atoms with Gasteiger partial charge in [-0.1, -0.05) is 39.5 Å². The van der Waals surface area contributed by atoms with E-state index in [2.05, 4.69) is 45.7 Å². The highest BCUT2D eigenvalue weighted by Gasteiger charge is 2.17. The van der Waals surface area contributed by atoms with Crippen molar-refractivity contribution in [1.82, 2.24) is 0 Å². The van der Waals surface area contributed by atoms with Gasteiger partial charge in [0, 0.05) is 9.35 Å². The molecule has 98 valence electrons. The second-order valence-corrected chi connectivity index (χ2v) is 7.69. The van der Waals surface area contributed by atoms with Crippen LogP contribution in [-0.2, 0) is 0 Å². The van der Waals surface area contributed by atoms with Gasteiger partial charge in [0.1, 0.15) is 0 Å².